The zero-order valence-electron chi connectivity index (χ0n) is 12.4. The van der Waals surface area contributed by atoms with E-state index in [-0.39, 0.29) is 12.5 Å². The Morgan fingerprint density at radius 3 is 2.73 bits per heavy atom. The number of carbonyl (C=O) groups is 1. The summed E-state index contributed by atoms with van der Waals surface area (Å²) in [4.78, 5) is 16.4. The second kappa shape index (κ2) is 7.99. The number of hydrogen-bond donors (Lipinski definition) is 3. The summed E-state index contributed by atoms with van der Waals surface area (Å²) >= 11 is 0. The molecular weight excluding hydrogens is 282 g/mol. The molecule has 1 aromatic carbocycles. The summed E-state index contributed by atoms with van der Waals surface area (Å²) in [5.41, 5.74) is 1.26. The van der Waals surface area contributed by atoms with Gasteiger partial charge in [0, 0.05) is 25.0 Å². The van der Waals surface area contributed by atoms with E-state index in [0.29, 0.717) is 24.3 Å². The fourth-order valence-corrected chi connectivity index (χ4v) is 1.88. The molecule has 6 nitrogen and oxygen atoms in total. The summed E-state index contributed by atoms with van der Waals surface area (Å²) in [6.45, 7) is 0.469. The SMILES string of the molecule is COc1ccc(Nc2ncccc2C(=O)NCCCO)cc1. The maximum absolute atomic E-state index is 12.1. The molecule has 0 bridgehead atoms. The van der Waals surface area contributed by atoms with Crippen molar-refractivity contribution in [1.82, 2.24) is 10.3 Å². The molecule has 0 aliphatic rings. The molecule has 0 fully saturated rings. The first kappa shape index (κ1) is 15.8. The van der Waals surface area contributed by atoms with Gasteiger partial charge in [0.2, 0.25) is 0 Å². The standard InChI is InChI=1S/C16H19N3O3/c1-22-13-7-5-12(6-8-13)19-15-14(4-2-9-17-15)16(21)18-10-3-11-20/h2,4-9,20H,3,10-11H2,1H3,(H,17,19)(H,18,21). The van der Waals surface area contributed by atoms with Gasteiger partial charge in [-0.15, -0.1) is 0 Å². The fourth-order valence-electron chi connectivity index (χ4n) is 1.88. The molecule has 0 atom stereocenters. The summed E-state index contributed by atoms with van der Waals surface area (Å²) < 4.78 is 5.11. The number of nitrogens with one attached hydrogen (secondary N) is 2. The first-order valence-corrected chi connectivity index (χ1v) is 6.99. The highest BCUT2D eigenvalue weighted by Gasteiger charge is 2.11. The molecule has 3 N–H and O–H groups in total. The lowest BCUT2D eigenvalue weighted by Crippen LogP contribution is -2.26. The summed E-state index contributed by atoms with van der Waals surface area (Å²) in [5, 5.41) is 14.6. The monoisotopic (exact) mass is 301 g/mol. The minimum absolute atomic E-state index is 0.0459. The molecule has 0 unspecified atom stereocenters. The van der Waals surface area contributed by atoms with Crippen molar-refractivity contribution in [2.24, 2.45) is 0 Å². The van der Waals surface area contributed by atoms with Gasteiger partial charge in [0.15, 0.2) is 0 Å². The fraction of sp³-hybridized carbons (Fsp3) is 0.250. The largest absolute Gasteiger partial charge is 0.497 e. The number of ether oxygens (including phenoxy) is 1. The molecule has 1 amide bonds. The Kier molecular flexibility index (Phi) is 5.73. The third-order valence-electron chi connectivity index (χ3n) is 3.03. The van der Waals surface area contributed by atoms with Crippen LogP contribution in [0.25, 0.3) is 0 Å². The van der Waals surface area contributed by atoms with E-state index < -0.39 is 0 Å². The highest BCUT2D eigenvalue weighted by molar-refractivity contribution is 5.99. The van der Waals surface area contributed by atoms with Crippen LogP contribution in [0.15, 0.2) is 42.6 Å². The van der Waals surface area contributed by atoms with Gasteiger partial charge >= 0.3 is 0 Å². The molecule has 116 valence electrons. The topological polar surface area (TPSA) is 83.5 Å². The van der Waals surface area contributed by atoms with Crippen molar-refractivity contribution >= 4 is 17.4 Å². The molecule has 0 aliphatic carbocycles. The Balaban J connectivity index is 2.11. The second-order valence-corrected chi connectivity index (χ2v) is 4.59. The Labute approximate surface area is 129 Å². The Hall–Kier alpha value is -2.60. The quantitative estimate of drug-likeness (QED) is 0.681. The number of methoxy groups -OCH3 is 1. The number of benzene rings is 1. The van der Waals surface area contributed by atoms with Crippen molar-refractivity contribution in [3.8, 4) is 5.75 Å². The average Bonchev–Trinajstić information content (AvgIpc) is 2.56. The van der Waals surface area contributed by atoms with E-state index in [2.05, 4.69) is 15.6 Å². The molecule has 6 heteroatoms. The molecule has 0 saturated heterocycles. The minimum atomic E-state index is -0.224. The number of aliphatic hydroxyl groups is 1. The zero-order chi connectivity index (χ0) is 15.8. The molecule has 0 radical (unpaired) electrons. The van der Waals surface area contributed by atoms with Crippen LogP contribution in [0.2, 0.25) is 0 Å². The number of aliphatic hydroxyl groups excluding tert-OH is 1. The summed E-state index contributed by atoms with van der Waals surface area (Å²) in [6.07, 6.45) is 2.14. The number of aromatic nitrogens is 1. The van der Waals surface area contributed by atoms with Gasteiger partial charge in [-0.05, 0) is 42.8 Å². The Bertz CT molecular complexity index is 614. The molecule has 2 rings (SSSR count). The smallest absolute Gasteiger partial charge is 0.255 e. The second-order valence-electron chi connectivity index (χ2n) is 4.59. The van der Waals surface area contributed by atoms with E-state index in [1.54, 1.807) is 25.4 Å². The Morgan fingerprint density at radius 2 is 2.05 bits per heavy atom. The number of amides is 1. The van der Waals surface area contributed by atoms with Crippen LogP contribution in [-0.4, -0.2) is 36.3 Å². The lowest BCUT2D eigenvalue weighted by atomic mass is 10.2. The van der Waals surface area contributed by atoms with Crippen LogP contribution in [0.3, 0.4) is 0 Å². The number of pyridine rings is 1. The van der Waals surface area contributed by atoms with E-state index in [1.807, 2.05) is 24.3 Å². The molecule has 0 saturated carbocycles. The number of rotatable bonds is 7. The molecule has 22 heavy (non-hydrogen) atoms. The lowest BCUT2D eigenvalue weighted by Gasteiger charge is -2.11. The van der Waals surface area contributed by atoms with E-state index in [0.717, 1.165) is 11.4 Å². The van der Waals surface area contributed by atoms with Crippen LogP contribution in [-0.2, 0) is 0 Å². The highest BCUT2D eigenvalue weighted by atomic mass is 16.5. The predicted molar refractivity (Wildman–Crippen MR) is 84.5 cm³/mol. The van der Waals surface area contributed by atoms with Gasteiger partial charge in [-0.2, -0.15) is 0 Å². The van der Waals surface area contributed by atoms with Crippen molar-refractivity contribution in [2.45, 2.75) is 6.42 Å². The van der Waals surface area contributed by atoms with Gasteiger partial charge in [0.1, 0.15) is 11.6 Å². The van der Waals surface area contributed by atoms with Crippen LogP contribution in [0.4, 0.5) is 11.5 Å². The van der Waals surface area contributed by atoms with E-state index in [1.165, 1.54) is 0 Å². The number of hydrogen-bond acceptors (Lipinski definition) is 5. The molecule has 2 aromatic rings. The maximum Gasteiger partial charge on any atom is 0.255 e. The van der Waals surface area contributed by atoms with E-state index in [9.17, 15) is 4.79 Å². The molecule has 1 aromatic heterocycles. The van der Waals surface area contributed by atoms with Crippen molar-refractivity contribution in [3.05, 3.63) is 48.2 Å². The molecular formula is C16H19N3O3. The molecule has 1 heterocycles. The molecule has 0 aliphatic heterocycles. The minimum Gasteiger partial charge on any atom is -0.497 e. The van der Waals surface area contributed by atoms with Crippen LogP contribution >= 0.6 is 0 Å². The van der Waals surface area contributed by atoms with Crippen LogP contribution < -0.4 is 15.4 Å². The van der Waals surface area contributed by atoms with Crippen molar-refractivity contribution < 1.29 is 14.6 Å². The Morgan fingerprint density at radius 1 is 1.27 bits per heavy atom. The summed E-state index contributed by atoms with van der Waals surface area (Å²) in [5.74, 6) is 1.01. The predicted octanol–water partition coefficient (Wildman–Crippen LogP) is 1.95. The molecule has 0 spiro atoms. The highest BCUT2D eigenvalue weighted by Crippen LogP contribution is 2.21. The van der Waals surface area contributed by atoms with Crippen LogP contribution in [0, 0.1) is 0 Å². The first-order chi connectivity index (χ1) is 10.7. The van der Waals surface area contributed by atoms with Crippen molar-refractivity contribution in [2.75, 3.05) is 25.6 Å². The normalized spacial score (nSPS) is 10.1. The zero-order valence-corrected chi connectivity index (χ0v) is 12.4. The summed E-state index contributed by atoms with van der Waals surface area (Å²) in [7, 11) is 1.61. The van der Waals surface area contributed by atoms with Crippen LogP contribution in [0.5, 0.6) is 5.75 Å². The third kappa shape index (κ3) is 4.20. The van der Waals surface area contributed by atoms with E-state index >= 15 is 0 Å². The first-order valence-electron chi connectivity index (χ1n) is 6.99. The van der Waals surface area contributed by atoms with Crippen molar-refractivity contribution in [3.63, 3.8) is 0 Å². The maximum atomic E-state index is 12.1. The van der Waals surface area contributed by atoms with Gasteiger partial charge in [0.25, 0.3) is 5.91 Å². The van der Waals surface area contributed by atoms with Gasteiger partial charge < -0.3 is 20.5 Å². The van der Waals surface area contributed by atoms with Crippen molar-refractivity contribution in [1.29, 1.82) is 0 Å². The summed E-state index contributed by atoms with van der Waals surface area (Å²) in [6, 6.07) is 10.8. The average molecular weight is 301 g/mol. The third-order valence-corrected chi connectivity index (χ3v) is 3.03. The number of carbonyl (C=O) groups excluding carboxylic acids is 1. The number of nitrogens with zero attached hydrogens (tertiary/aromatic N) is 1. The van der Waals surface area contributed by atoms with Gasteiger partial charge in [-0.25, -0.2) is 4.98 Å². The van der Waals surface area contributed by atoms with Gasteiger partial charge in [-0.1, -0.05) is 0 Å². The number of anilines is 2. The van der Waals surface area contributed by atoms with Gasteiger partial charge in [-0.3, -0.25) is 4.79 Å². The van der Waals surface area contributed by atoms with Crippen LogP contribution in [0.1, 0.15) is 16.8 Å². The van der Waals surface area contributed by atoms with E-state index in [4.69, 9.17) is 9.84 Å². The lowest BCUT2D eigenvalue weighted by molar-refractivity contribution is 0.0951. The van der Waals surface area contributed by atoms with Gasteiger partial charge in [0.05, 0.1) is 12.7 Å².